The molecule has 1 unspecified atom stereocenters. The standard InChI is InChI=1S/C10H17N3O/c1-7(10-3-4-11-13(10)2)12-8-5-9(14)6-8/h3-4,7-9,12,14H,5-6H2,1-2H3. The summed E-state index contributed by atoms with van der Waals surface area (Å²) in [5, 5.41) is 16.8. The molecule has 1 aromatic rings. The van der Waals surface area contributed by atoms with E-state index in [9.17, 15) is 0 Å². The summed E-state index contributed by atoms with van der Waals surface area (Å²) in [4.78, 5) is 0. The molecule has 1 aromatic heterocycles. The fourth-order valence-corrected chi connectivity index (χ4v) is 1.97. The molecule has 0 bridgehead atoms. The van der Waals surface area contributed by atoms with Crippen LogP contribution in [0.3, 0.4) is 0 Å². The summed E-state index contributed by atoms with van der Waals surface area (Å²) in [6.45, 7) is 2.13. The zero-order valence-electron chi connectivity index (χ0n) is 8.64. The number of aliphatic hydroxyl groups is 1. The van der Waals surface area contributed by atoms with Crippen LogP contribution >= 0.6 is 0 Å². The number of aliphatic hydroxyl groups excluding tert-OH is 1. The second-order valence-corrected chi connectivity index (χ2v) is 4.09. The van der Waals surface area contributed by atoms with E-state index >= 15 is 0 Å². The van der Waals surface area contributed by atoms with Crippen molar-refractivity contribution in [2.24, 2.45) is 7.05 Å². The van der Waals surface area contributed by atoms with Crippen LogP contribution in [0.25, 0.3) is 0 Å². The molecule has 1 atom stereocenters. The van der Waals surface area contributed by atoms with Gasteiger partial charge in [0.2, 0.25) is 0 Å². The predicted octanol–water partition coefficient (Wildman–Crippen LogP) is 0.594. The molecule has 0 saturated heterocycles. The lowest BCUT2D eigenvalue weighted by Crippen LogP contribution is -2.45. The minimum atomic E-state index is -0.0914. The van der Waals surface area contributed by atoms with Gasteiger partial charge in [0.1, 0.15) is 0 Å². The number of rotatable bonds is 3. The first kappa shape index (κ1) is 9.68. The fraction of sp³-hybridized carbons (Fsp3) is 0.700. The summed E-state index contributed by atoms with van der Waals surface area (Å²) in [6.07, 6.45) is 3.47. The van der Waals surface area contributed by atoms with Crippen LogP contribution in [0.4, 0.5) is 0 Å². The van der Waals surface area contributed by atoms with Gasteiger partial charge in [-0.3, -0.25) is 4.68 Å². The maximum absolute atomic E-state index is 9.16. The maximum atomic E-state index is 9.16. The Labute approximate surface area is 83.9 Å². The van der Waals surface area contributed by atoms with Crippen molar-refractivity contribution in [3.8, 4) is 0 Å². The van der Waals surface area contributed by atoms with Crippen LogP contribution in [0.2, 0.25) is 0 Å². The number of hydrogen-bond donors (Lipinski definition) is 2. The zero-order chi connectivity index (χ0) is 10.1. The maximum Gasteiger partial charge on any atom is 0.0570 e. The molecule has 4 nitrogen and oxygen atoms in total. The normalized spacial score (nSPS) is 28.5. The first-order valence-corrected chi connectivity index (χ1v) is 5.09. The Balaban J connectivity index is 1.90. The first-order chi connectivity index (χ1) is 6.66. The van der Waals surface area contributed by atoms with E-state index in [2.05, 4.69) is 17.3 Å². The van der Waals surface area contributed by atoms with Crippen LogP contribution in [0.15, 0.2) is 12.3 Å². The molecule has 0 spiro atoms. The SMILES string of the molecule is CC(NC1CC(O)C1)c1ccnn1C. The van der Waals surface area contributed by atoms with Gasteiger partial charge in [0.15, 0.2) is 0 Å². The van der Waals surface area contributed by atoms with Crippen molar-refractivity contribution in [2.75, 3.05) is 0 Å². The predicted molar refractivity (Wildman–Crippen MR) is 53.8 cm³/mol. The molecule has 14 heavy (non-hydrogen) atoms. The zero-order valence-corrected chi connectivity index (χ0v) is 8.64. The summed E-state index contributed by atoms with van der Waals surface area (Å²) in [5.74, 6) is 0. The van der Waals surface area contributed by atoms with Crippen molar-refractivity contribution < 1.29 is 5.11 Å². The molecule has 1 saturated carbocycles. The van der Waals surface area contributed by atoms with Crippen LogP contribution in [0.1, 0.15) is 31.5 Å². The number of aromatic nitrogens is 2. The summed E-state index contributed by atoms with van der Waals surface area (Å²) in [5.41, 5.74) is 1.19. The number of nitrogens with zero attached hydrogens (tertiary/aromatic N) is 2. The molecule has 1 aliphatic rings. The van der Waals surface area contributed by atoms with Crippen LogP contribution in [-0.2, 0) is 7.05 Å². The third kappa shape index (κ3) is 1.81. The third-order valence-corrected chi connectivity index (χ3v) is 2.90. The Kier molecular flexibility index (Phi) is 2.56. The van der Waals surface area contributed by atoms with Crippen LogP contribution in [0.5, 0.6) is 0 Å². The van der Waals surface area contributed by atoms with Gasteiger partial charge in [0.25, 0.3) is 0 Å². The molecule has 0 aliphatic heterocycles. The van der Waals surface area contributed by atoms with Gasteiger partial charge in [-0.25, -0.2) is 0 Å². The van der Waals surface area contributed by atoms with Crippen molar-refractivity contribution >= 4 is 0 Å². The average molecular weight is 195 g/mol. The number of nitrogens with one attached hydrogen (secondary N) is 1. The molecule has 2 N–H and O–H groups in total. The van der Waals surface area contributed by atoms with Crippen molar-refractivity contribution in [3.63, 3.8) is 0 Å². The van der Waals surface area contributed by atoms with E-state index in [1.165, 1.54) is 5.69 Å². The first-order valence-electron chi connectivity index (χ1n) is 5.09. The van der Waals surface area contributed by atoms with Crippen LogP contribution < -0.4 is 5.32 Å². The van der Waals surface area contributed by atoms with Gasteiger partial charge in [-0.15, -0.1) is 0 Å². The highest BCUT2D eigenvalue weighted by Crippen LogP contribution is 2.23. The summed E-state index contributed by atoms with van der Waals surface area (Å²) in [7, 11) is 1.95. The van der Waals surface area contributed by atoms with E-state index in [1.54, 1.807) is 0 Å². The van der Waals surface area contributed by atoms with E-state index in [1.807, 2.05) is 24.0 Å². The lowest BCUT2D eigenvalue weighted by Gasteiger charge is -2.34. The summed E-state index contributed by atoms with van der Waals surface area (Å²) >= 11 is 0. The fourth-order valence-electron chi connectivity index (χ4n) is 1.97. The van der Waals surface area contributed by atoms with Gasteiger partial charge in [-0.2, -0.15) is 5.10 Å². The second kappa shape index (κ2) is 3.71. The monoisotopic (exact) mass is 195 g/mol. The molecular formula is C10H17N3O. The van der Waals surface area contributed by atoms with E-state index in [0.717, 1.165) is 12.8 Å². The van der Waals surface area contributed by atoms with E-state index < -0.39 is 0 Å². The Morgan fingerprint density at radius 2 is 2.36 bits per heavy atom. The molecule has 1 aliphatic carbocycles. The van der Waals surface area contributed by atoms with Crippen molar-refractivity contribution in [3.05, 3.63) is 18.0 Å². The van der Waals surface area contributed by atoms with Gasteiger partial charge in [0, 0.05) is 25.3 Å². The van der Waals surface area contributed by atoms with Gasteiger partial charge >= 0.3 is 0 Å². The van der Waals surface area contributed by atoms with E-state index in [4.69, 9.17) is 5.11 Å². The molecule has 0 amide bonds. The van der Waals surface area contributed by atoms with Gasteiger partial charge in [0.05, 0.1) is 11.8 Å². The van der Waals surface area contributed by atoms with Gasteiger partial charge < -0.3 is 10.4 Å². The number of hydrogen-bond acceptors (Lipinski definition) is 3. The summed E-state index contributed by atoms with van der Waals surface area (Å²) in [6, 6.07) is 2.79. The van der Waals surface area contributed by atoms with Crippen molar-refractivity contribution in [1.82, 2.24) is 15.1 Å². The highest BCUT2D eigenvalue weighted by molar-refractivity contribution is 5.06. The van der Waals surface area contributed by atoms with Crippen molar-refractivity contribution in [2.45, 2.75) is 38.0 Å². The quantitative estimate of drug-likeness (QED) is 0.742. The molecular weight excluding hydrogens is 178 g/mol. The van der Waals surface area contributed by atoms with Gasteiger partial charge in [-0.1, -0.05) is 0 Å². The summed E-state index contributed by atoms with van der Waals surface area (Å²) < 4.78 is 1.88. The average Bonchev–Trinajstić information content (AvgIpc) is 2.48. The van der Waals surface area contributed by atoms with E-state index in [0.29, 0.717) is 12.1 Å². The second-order valence-electron chi connectivity index (χ2n) is 4.09. The lowest BCUT2D eigenvalue weighted by atomic mass is 9.89. The largest absolute Gasteiger partial charge is 0.393 e. The molecule has 2 rings (SSSR count). The van der Waals surface area contributed by atoms with Crippen LogP contribution in [-0.4, -0.2) is 27.0 Å². The molecule has 0 aromatic carbocycles. The number of aryl methyl sites for hydroxylation is 1. The Morgan fingerprint density at radius 3 is 2.86 bits per heavy atom. The molecule has 78 valence electrons. The highest BCUT2D eigenvalue weighted by atomic mass is 16.3. The molecule has 1 heterocycles. The molecule has 4 heteroatoms. The van der Waals surface area contributed by atoms with E-state index in [-0.39, 0.29) is 6.10 Å². The Morgan fingerprint density at radius 1 is 1.64 bits per heavy atom. The van der Waals surface area contributed by atoms with Crippen molar-refractivity contribution in [1.29, 1.82) is 0 Å². The minimum Gasteiger partial charge on any atom is -0.393 e. The Hall–Kier alpha value is -0.870. The smallest absolute Gasteiger partial charge is 0.0570 e. The highest BCUT2D eigenvalue weighted by Gasteiger charge is 2.28. The van der Waals surface area contributed by atoms with Gasteiger partial charge in [-0.05, 0) is 25.8 Å². The van der Waals surface area contributed by atoms with Crippen LogP contribution in [0, 0.1) is 0 Å². The molecule has 0 radical (unpaired) electrons. The molecule has 1 fully saturated rings. The third-order valence-electron chi connectivity index (χ3n) is 2.90. The topological polar surface area (TPSA) is 50.1 Å². The lowest BCUT2D eigenvalue weighted by molar-refractivity contribution is 0.0582. The minimum absolute atomic E-state index is 0.0914. The Bertz CT molecular complexity index is 304.